The molecule has 2 rings (SSSR count). The molecule has 1 aliphatic rings. The Morgan fingerprint density at radius 3 is 2.81 bits per heavy atom. The topological polar surface area (TPSA) is 131 Å². The van der Waals surface area contributed by atoms with Gasteiger partial charge in [-0.25, -0.2) is 9.18 Å². The highest BCUT2D eigenvalue weighted by molar-refractivity contribution is 5.29. The molecule has 1 aromatic rings. The van der Waals surface area contributed by atoms with E-state index in [1.54, 1.807) is 0 Å². The van der Waals surface area contributed by atoms with Crippen molar-refractivity contribution in [2.45, 2.75) is 24.6 Å². The lowest BCUT2D eigenvalue weighted by Gasteiger charge is -2.15. The minimum Gasteiger partial charge on any atom is -0.394 e. The number of H-pyrrole nitrogens is 1. The van der Waals surface area contributed by atoms with E-state index in [0.717, 1.165) is 10.8 Å². The van der Waals surface area contributed by atoms with Crippen molar-refractivity contribution in [3.63, 3.8) is 0 Å². The van der Waals surface area contributed by atoms with Crippen LogP contribution in [0.1, 0.15) is 11.8 Å². The van der Waals surface area contributed by atoms with Crippen LogP contribution in [0, 0.1) is 11.8 Å². The van der Waals surface area contributed by atoms with E-state index in [9.17, 15) is 19.1 Å². The minimum absolute atomic E-state index is 0.00946. The van der Waals surface area contributed by atoms with Gasteiger partial charge in [0.05, 0.1) is 13.2 Å². The second-order valence-electron chi connectivity index (χ2n) is 4.40. The molecule has 0 saturated carbocycles. The normalized spacial score (nSPS) is 28.2. The third kappa shape index (κ3) is 2.88. The van der Waals surface area contributed by atoms with Gasteiger partial charge in [0.2, 0.25) is 0 Å². The van der Waals surface area contributed by atoms with Gasteiger partial charge < -0.3 is 20.7 Å². The van der Waals surface area contributed by atoms with Crippen molar-refractivity contribution in [2.75, 3.05) is 13.2 Å². The molecule has 0 aromatic carbocycles. The molecule has 8 nitrogen and oxygen atoms in total. The summed E-state index contributed by atoms with van der Waals surface area (Å²) in [6.45, 7) is -0.592. The molecule has 0 aliphatic carbocycles. The van der Waals surface area contributed by atoms with Crippen LogP contribution in [-0.2, 0) is 4.74 Å². The van der Waals surface area contributed by atoms with Crippen LogP contribution in [0.25, 0.3) is 0 Å². The zero-order chi connectivity index (χ0) is 15.6. The number of halogens is 1. The first kappa shape index (κ1) is 15.4. The van der Waals surface area contributed by atoms with Crippen LogP contribution in [0.5, 0.6) is 0 Å². The van der Waals surface area contributed by atoms with Gasteiger partial charge in [-0.3, -0.25) is 14.3 Å². The number of alkyl halides is 1. The molecule has 0 bridgehead atoms. The number of hydrogen-bond donors (Lipinski definition) is 4. The fourth-order valence-electron chi connectivity index (χ4n) is 1.99. The third-order valence-electron chi connectivity index (χ3n) is 3.04. The van der Waals surface area contributed by atoms with Gasteiger partial charge >= 0.3 is 5.69 Å². The lowest BCUT2D eigenvalue weighted by Crippen LogP contribution is -2.37. The number of aliphatic hydroxyl groups excluding tert-OH is 2. The maximum atomic E-state index is 14.0. The number of nitrogens with one attached hydrogen (secondary N) is 1. The molecule has 1 aromatic heterocycles. The first-order valence-corrected chi connectivity index (χ1v) is 6.12. The summed E-state index contributed by atoms with van der Waals surface area (Å²) in [7, 11) is 0. The van der Waals surface area contributed by atoms with E-state index in [1.165, 1.54) is 0 Å². The molecule has 21 heavy (non-hydrogen) atoms. The Kier molecular flexibility index (Phi) is 4.54. The quantitative estimate of drug-likeness (QED) is 0.444. The van der Waals surface area contributed by atoms with Crippen LogP contribution >= 0.6 is 0 Å². The van der Waals surface area contributed by atoms with Crippen LogP contribution in [0.15, 0.2) is 15.8 Å². The van der Waals surface area contributed by atoms with E-state index in [1.807, 2.05) is 4.98 Å². The lowest BCUT2D eigenvalue weighted by molar-refractivity contribution is -0.0491. The molecular weight excluding hydrogens is 285 g/mol. The first-order valence-electron chi connectivity index (χ1n) is 6.12. The molecule has 9 heteroatoms. The highest BCUT2D eigenvalue weighted by Crippen LogP contribution is 2.30. The van der Waals surface area contributed by atoms with E-state index < -0.39 is 42.5 Å². The molecule has 4 atom stereocenters. The lowest BCUT2D eigenvalue weighted by atomic mass is 10.1. The molecule has 5 N–H and O–H groups in total. The summed E-state index contributed by atoms with van der Waals surface area (Å²) in [6.07, 6.45) is -5.08. The Balaban J connectivity index is 2.45. The minimum atomic E-state index is -1.93. The molecule has 2 heterocycles. The predicted octanol–water partition coefficient (Wildman–Crippen LogP) is -2.56. The maximum Gasteiger partial charge on any atom is 0.330 e. The zero-order valence-corrected chi connectivity index (χ0v) is 10.8. The molecule has 114 valence electrons. The Hall–Kier alpha value is -1.99. The summed E-state index contributed by atoms with van der Waals surface area (Å²) in [4.78, 5) is 25.3. The average molecular weight is 299 g/mol. The standard InChI is InChI=1S/C12H14FN3O5/c13-8-9(18)7(5-17)21-11(8)16-4-6(2-1-3-14)10(19)15-12(16)20/h4,7-9,11,17-18H,3,5,14H2,(H,15,19,20)/t7-,8-,9-,11-/m1/s1. The Bertz CT molecular complexity index is 689. The summed E-state index contributed by atoms with van der Waals surface area (Å²) in [5, 5.41) is 18.5. The summed E-state index contributed by atoms with van der Waals surface area (Å²) >= 11 is 0. The van der Waals surface area contributed by atoms with Crippen molar-refractivity contribution >= 4 is 0 Å². The van der Waals surface area contributed by atoms with Crippen LogP contribution < -0.4 is 17.0 Å². The number of hydrogen-bond acceptors (Lipinski definition) is 6. The summed E-state index contributed by atoms with van der Waals surface area (Å²) in [5.74, 6) is 4.89. The van der Waals surface area contributed by atoms with Gasteiger partial charge in [-0.05, 0) is 0 Å². The number of rotatable bonds is 2. The molecule has 1 saturated heterocycles. The number of aromatic nitrogens is 2. The number of aromatic amines is 1. The third-order valence-corrected chi connectivity index (χ3v) is 3.04. The first-order chi connectivity index (χ1) is 9.99. The summed E-state index contributed by atoms with van der Waals surface area (Å²) < 4.78 is 19.9. The van der Waals surface area contributed by atoms with Crippen molar-refractivity contribution in [3.8, 4) is 11.8 Å². The van der Waals surface area contributed by atoms with E-state index in [-0.39, 0.29) is 12.1 Å². The van der Waals surface area contributed by atoms with Crippen LogP contribution in [-0.4, -0.2) is 51.3 Å². The van der Waals surface area contributed by atoms with Crippen LogP contribution in [0.2, 0.25) is 0 Å². The van der Waals surface area contributed by atoms with E-state index in [2.05, 4.69) is 11.8 Å². The predicted molar refractivity (Wildman–Crippen MR) is 69.2 cm³/mol. The largest absolute Gasteiger partial charge is 0.394 e. The number of nitrogens with zero attached hydrogens (tertiary/aromatic N) is 1. The van der Waals surface area contributed by atoms with Gasteiger partial charge in [-0.15, -0.1) is 0 Å². The van der Waals surface area contributed by atoms with Gasteiger partial charge in [0, 0.05) is 6.20 Å². The Morgan fingerprint density at radius 2 is 2.24 bits per heavy atom. The molecule has 0 amide bonds. The monoisotopic (exact) mass is 299 g/mol. The van der Waals surface area contributed by atoms with Gasteiger partial charge in [0.1, 0.15) is 17.8 Å². The number of ether oxygens (including phenoxy) is 1. The second-order valence-corrected chi connectivity index (χ2v) is 4.40. The van der Waals surface area contributed by atoms with Gasteiger partial charge in [0.25, 0.3) is 5.56 Å². The van der Waals surface area contributed by atoms with Gasteiger partial charge in [0.15, 0.2) is 12.4 Å². The highest BCUT2D eigenvalue weighted by atomic mass is 19.1. The molecule has 0 radical (unpaired) electrons. The fraction of sp³-hybridized carbons (Fsp3) is 0.500. The maximum absolute atomic E-state index is 14.0. The zero-order valence-electron chi connectivity index (χ0n) is 10.8. The molecule has 1 fully saturated rings. The second kappa shape index (κ2) is 6.19. The SMILES string of the molecule is NCC#Cc1cn([C@@H]2O[C@H](CO)[C@@H](O)[C@H]2F)c(=O)[nH]c1=O. The van der Waals surface area contributed by atoms with E-state index in [0.29, 0.717) is 0 Å². The smallest absolute Gasteiger partial charge is 0.330 e. The van der Waals surface area contributed by atoms with Crippen molar-refractivity contribution in [2.24, 2.45) is 5.73 Å². The number of nitrogens with two attached hydrogens (primary N) is 1. The molecular formula is C12H14FN3O5. The van der Waals surface area contributed by atoms with Crippen LogP contribution in [0.4, 0.5) is 4.39 Å². The van der Waals surface area contributed by atoms with Crippen molar-refractivity contribution < 1.29 is 19.3 Å². The van der Waals surface area contributed by atoms with Gasteiger partial charge in [-0.1, -0.05) is 11.8 Å². The Labute approximate surface area is 118 Å². The number of aliphatic hydroxyl groups is 2. The fourth-order valence-corrected chi connectivity index (χ4v) is 1.99. The molecule has 0 unspecified atom stereocenters. The highest BCUT2D eigenvalue weighted by Gasteiger charge is 2.45. The van der Waals surface area contributed by atoms with Crippen molar-refractivity contribution in [1.82, 2.24) is 9.55 Å². The van der Waals surface area contributed by atoms with Crippen molar-refractivity contribution in [1.29, 1.82) is 0 Å². The van der Waals surface area contributed by atoms with Crippen molar-refractivity contribution in [3.05, 3.63) is 32.6 Å². The van der Waals surface area contributed by atoms with Crippen LogP contribution in [0.3, 0.4) is 0 Å². The molecule has 1 aliphatic heterocycles. The summed E-state index contributed by atoms with van der Waals surface area (Å²) in [6, 6.07) is 0. The summed E-state index contributed by atoms with van der Waals surface area (Å²) in [5.41, 5.74) is 3.47. The van der Waals surface area contributed by atoms with E-state index >= 15 is 0 Å². The van der Waals surface area contributed by atoms with E-state index in [4.69, 9.17) is 15.6 Å². The molecule has 0 spiro atoms. The average Bonchev–Trinajstić information content (AvgIpc) is 2.74. The Morgan fingerprint density at radius 1 is 1.52 bits per heavy atom. The van der Waals surface area contributed by atoms with Gasteiger partial charge in [-0.2, -0.15) is 0 Å².